The van der Waals surface area contributed by atoms with Crippen LogP contribution in [0, 0.1) is 6.92 Å². The molecule has 4 aromatic heterocycles. The number of fused-ring (bicyclic) bond motifs is 1. The number of carbonyl (C=O) groups is 1. The summed E-state index contributed by atoms with van der Waals surface area (Å²) in [7, 11) is -0.357. The number of sulfonamides is 1. The zero-order valence-electron chi connectivity index (χ0n) is 23.4. The maximum atomic E-state index is 13.5. The molecule has 2 N–H and O–H groups in total. The van der Waals surface area contributed by atoms with Crippen LogP contribution in [0.1, 0.15) is 34.6 Å². The van der Waals surface area contributed by atoms with Gasteiger partial charge in [0.2, 0.25) is 10.0 Å². The molecule has 1 amide bonds. The molecule has 14 heteroatoms. The number of nitrogens with one attached hydrogen (secondary N) is 2. The van der Waals surface area contributed by atoms with Crippen molar-refractivity contribution in [3.05, 3.63) is 87.2 Å². The van der Waals surface area contributed by atoms with Crippen LogP contribution in [0.4, 0.5) is 5.69 Å². The fraction of sp³-hybridized carbons (Fsp3) is 0.214. The third-order valence-electron chi connectivity index (χ3n) is 6.55. The van der Waals surface area contributed by atoms with Gasteiger partial charge in [-0.2, -0.15) is 5.10 Å². The molecular formula is C28H27ClN8O4S. The minimum absolute atomic E-state index is 0.0178. The molecule has 0 aliphatic heterocycles. The average Bonchev–Trinajstić information content (AvgIpc) is 3.37. The molecule has 4 heterocycles. The fourth-order valence-electron chi connectivity index (χ4n) is 4.61. The lowest BCUT2D eigenvalue weighted by Gasteiger charge is -2.20. The molecule has 5 rings (SSSR count). The Kier molecular flexibility index (Phi) is 7.56. The predicted octanol–water partition coefficient (Wildman–Crippen LogP) is 3.62. The first-order chi connectivity index (χ1) is 19.8. The van der Waals surface area contributed by atoms with Gasteiger partial charge >= 0.3 is 0 Å². The zero-order valence-corrected chi connectivity index (χ0v) is 24.9. The molecule has 0 aliphatic rings. The van der Waals surface area contributed by atoms with Crippen LogP contribution in [0.5, 0.6) is 0 Å². The second kappa shape index (κ2) is 11.0. The summed E-state index contributed by atoms with van der Waals surface area (Å²) in [5, 5.41) is 8.05. The van der Waals surface area contributed by atoms with E-state index in [1.807, 2.05) is 50.0 Å². The van der Waals surface area contributed by atoms with E-state index in [2.05, 4.69) is 20.4 Å². The number of anilines is 1. The molecule has 0 fully saturated rings. The van der Waals surface area contributed by atoms with E-state index in [1.54, 1.807) is 30.1 Å². The van der Waals surface area contributed by atoms with Crippen molar-refractivity contribution in [2.75, 3.05) is 11.6 Å². The normalized spacial score (nSPS) is 12.3. The minimum atomic E-state index is -3.84. The second-order valence-corrected chi connectivity index (χ2v) is 12.1. The molecule has 216 valence electrons. The number of pyridine rings is 2. The van der Waals surface area contributed by atoms with Crippen LogP contribution in [-0.4, -0.2) is 49.9 Å². The summed E-state index contributed by atoms with van der Waals surface area (Å²) in [4.78, 5) is 39.7. The number of carbonyl (C=O) groups excluding carboxylic acids is 1. The van der Waals surface area contributed by atoms with Gasteiger partial charge in [0.15, 0.2) is 11.5 Å². The molecule has 42 heavy (non-hydrogen) atoms. The number of amides is 1. The molecule has 0 bridgehead atoms. The third-order valence-corrected chi connectivity index (χ3v) is 7.32. The maximum Gasteiger partial charge on any atom is 0.285 e. The van der Waals surface area contributed by atoms with Crippen molar-refractivity contribution >= 4 is 44.1 Å². The molecule has 1 aromatic carbocycles. The van der Waals surface area contributed by atoms with E-state index in [0.29, 0.717) is 28.0 Å². The molecule has 0 unspecified atom stereocenters. The highest BCUT2D eigenvalue weighted by atomic mass is 35.5. The van der Waals surface area contributed by atoms with Gasteiger partial charge < -0.3 is 5.32 Å². The van der Waals surface area contributed by atoms with E-state index in [-0.39, 0.29) is 22.1 Å². The van der Waals surface area contributed by atoms with Crippen LogP contribution in [-0.2, 0) is 24.1 Å². The van der Waals surface area contributed by atoms with Gasteiger partial charge in [-0.1, -0.05) is 17.7 Å². The topological polar surface area (TPSA) is 154 Å². The highest BCUT2D eigenvalue weighted by Crippen LogP contribution is 2.29. The summed E-state index contributed by atoms with van der Waals surface area (Å²) in [5.41, 5.74) is 3.88. The summed E-state index contributed by atoms with van der Waals surface area (Å²) in [6, 6.07) is 11.7. The van der Waals surface area contributed by atoms with Crippen LogP contribution in [0.25, 0.3) is 33.7 Å². The molecule has 1 atom stereocenters. The van der Waals surface area contributed by atoms with Crippen molar-refractivity contribution in [3.8, 4) is 22.8 Å². The Balaban J connectivity index is 1.57. The van der Waals surface area contributed by atoms with Crippen molar-refractivity contribution in [2.24, 2.45) is 14.1 Å². The van der Waals surface area contributed by atoms with Gasteiger partial charge in [-0.3, -0.25) is 23.8 Å². The molecule has 0 radical (unpaired) electrons. The maximum absolute atomic E-state index is 13.5. The number of rotatable bonds is 7. The van der Waals surface area contributed by atoms with Crippen molar-refractivity contribution in [3.63, 3.8) is 0 Å². The first-order valence-electron chi connectivity index (χ1n) is 12.7. The van der Waals surface area contributed by atoms with Gasteiger partial charge in [-0.15, -0.1) is 0 Å². The summed E-state index contributed by atoms with van der Waals surface area (Å²) < 4.78 is 28.4. The largest absolute Gasteiger partial charge is 0.377 e. The van der Waals surface area contributed by atoms with Gasteiger partial charge in [0, 0.05) is 37.6 Å². The highest BCUT2D eigenvalue weighted by molar-refractivity contribution is 7.89. The van der Waals surface area contributed by atoms with Crippen molar-refractivity contribution in [1.29, 1.82) is 0 Å². The number of aromatic nitrogens is 6. The number of nitrogens with zero attached hydrogens (tertiary/aromatic N) is 6. The summed E-state index contributed by atoms with van der Waals surface area (Å²) >= 11 is 6.01. The van der Waals surface area contributed by atoms with E-state index >= 15 is 0 Å². The van der Waals surface area contributed by atoms with E-state index < -0.39 is 22.0 Å². The predicted molar refractivity (Wildman–Crippen MR) is 161 cm³/mol. The lowest BCUT2D eigenvalue weighted by Crippen LogP contribution is -2.31. The SMILES string of the molecule is Cc1cc([C@@H](C)Nc2ccc(Cl)nc2C(=O)NS(C)(=O)=O)c2nc(-c3ccc(-c4ccn(C)n4)cn3)n(C)c(=O)c2c1. The van der Waals surface area contributed by atoms with Crippen LogP contribution in [0.2, 0.25) is 5.15 Å². The van der Waals surface area contributed by atoms with Crippen LogP contribution < -0.4 is 15.6 Å². The first kappa shape index (κ1) is 28.9. The third kappa shape index (κ3) is 5.87. The summed E-state index contributed by atoms with van der Waals surface area (Å²) in [6.07, 6.45) is 4.40. The van der Waals surface area contributed by atoms with Crippen molar-refractivity contribution in [2.45, 2.75) is 19.9 Å². The molecule has 0 saturated carbocycles. The van der Waals surface area contributed by atoms with E-state index in [0.717, 1.165) is 23.1 Å². The van der Waals surface area contributed by atoms with Gasteiger partial charge in [-0.05, 0) is 55.8 Å². The Hall–Kier alpha value is -4.62. The lowest BCUT2D eigenvalue weighted by atomic mass is 10.0. The van der Waals surface area contributed by atoms with Gasteiger partial charge in [0.1, 0.15) is 10.8 Å². The van der Waals surface area contributed by atoms with E-state index in [9.17, 15) is 18.0 Å². The zero-order chi connectivity index (χ0) is 30.3. The minimum Gasteiger partial charge on any atom is -0.377 e. The number of hydrogen-bond acceptors (Lipinski definition) is 9. The lowest BCUT2D eigenvalue weighted by molar-refractivity contribution is 0.0977. The highest BCUT2D eigenvalue weighted by Gasteiger charge is 2.22. The molecule has 5 aromatic rings. The smallest absolute Gasteiger partial charge is 0.285 e. The Labute approximate surface area is 246 Å². The number of hydrogen-bond donors (Lipinski definition) is 2. The standard InChI is InChI=1S/C28H27ClN8O4S/c1-15-12-18(16(2)31-21-8-9-23(29)32-25(21)27(38)35-42(5,40)41)24-19(13-15)28(39)37(4)26(33-24)22-7-6-17(14-30-22)20-10-11-36(3)34-20/h6-14,16,31H,1-5H3,(H,35,38)/t16-/m1/s1. The average molecular weight is 607 g/mol. The summed E-state index contributed by atoms with van der Waals surface area (Å²) in [6.45, 7) is 3.70. The Morgan fingerprint density at radius 3 is 2.45 bits per heavy atom. The quantitative estimate of drug-likeness (QED) is 0.264. The second-order valence-electron chi connectivity index (χ2n) is 9.96. The Bertz CT molecular complexity index is 2020. The van der Waals surface area contributed by atoms with E-state index in [4.69, 9.17) is 16.6 Å². The van der Waals surface area contributed by atoms with Gasteiger partial charge in [0.25, 0.3) is 11.5 Å². The van der Waals surface area contributed by atoms with Gasteiger partial charge in [0.05, 0.1) is 34.6 Å². The molecular weight excluding hydrogens is 580 g/mol. The number of benzene rings is 1. The Morgan fingerprint density at radius 1 is 1.05 bits per heavy atom. The fourth-order valence-corrected chi connectivity index (χ4v) is 5.19. The van der Waals surface area contributed by atoms with E-state index in [1.165, 1.54) is 16.7 Å². The molecule has 0 saturated heterocycles. The summed E-state index contributed by atoms with van der Waals surface area (Å²) in [5.74, 6) is -0.558. The Morgan fingerprint density at radius 2 is 1.81 bits per heavy atom. The van der Waals surface area contributed by atoms with Crippen LogP contribution in [0.15, 0.2) is 59.7 Å². The number of halogens is 1. The van der Waals surface area contributed by atoms with Crippen LogP contribution >= 0.6 is 11.6 Å². The molecule has 0 spiro atoms. The van der Waals surface area contributed by atoms with Crippen molar-refractivity contribution < 1.29 is 13.2 Å². The van der Waals surface area contributed by atoms with Gasteiger partial charge in [-0.25, -0.2) is 23.1 Å². The monoisotopic (exact) mass is 606 g/mol. The molecule has 12 nitrogen and oxygen atoms in total. The van der Waals surface area contributed by atoms with Crippen LogP contribution in [0.3, 0.4) is 0 Å². The number of aryl methyl sites for hydroxylation is 2. The van der Waals surface area contributed by atoms with Crippen molar-refractivity contribution in [1.82, 2.24) is 34.0 Å². The first-order valence-corrected chi connectivity index (χ1v) is 15.0. The molecule has 0 aliphatic carbocycles.